The highest BCUT2D eigenvalue weighted by Gasteiger charge is 2.54. The summed E-state index contributed by atoms with van der Waals surface area (Å²) in [4.78, 5) is 23.0. The predicted octanol–water partition coefficient (Wildman–Crippen LogP) is 3.85. The smallest absolute Gasteiger partial charge is 0.324 e. The Balaban J connectivity index is 1.23. The minimum absolute atomic E-state index is 0.107. The molecule has 0 bridgehead atoms. The van der Waals surface area contributed by atoms with E-state index in [4.69, 9.17) is 20.4 Å². The van der Waals surface area contributed by atoms with Gasteiger partial charge in [-0.2, -0.15) is 9.97 Å². The van der Waals surface area contributed by atoms with E-state index in [-0.39, 0.29) is 23.3 Å². The number of halogens is 1. The van der Waals surface area contributed by atoms with Crippen molar-refractivity contribution in [3.8, 4) is 22.9 Å². The Morgan fingerprint density at radius 1 is 1.06 bits per heavy atom. The molecule has 2 N–H and O–H groups in total. The lowest BCUT2D eigenvalue weighted by atomic mass is 9.85. The lowest BCUT2D eigenvalue weighted by Gasteiger charge is -2.45. The van der Waals surface area contributed by atoms with Gasteiger partial charge in [0.1, 0.15) is 11.6 Å². The summed E-state index contributed by atoms with van der Waals surface area (Å²) in [5.41, 5.74) is 11.6. The number of hydrogen-bond acceptors (Lipinski definition) is 8. The van der Waals surface area contributed by atoms with Gasteiger partial charge in [-0.15, -0.1) is 0 Å². The molecule has 0 amide bonds. The maximum absolute atomic E-state index is 14.4. The van der Waals surface area contributed by atoms with Crippen LogP contribution in [0.25, 0.3) is 11.1 Å². The van der Waals surface area contributed by atoms with E-state index in [1.807, 2.05) is 6.92 Å². The van der Waals surface area contributed by atoms with E-state index in [9.17, 15) is 4.39 Å². The molecule has 8 nitrogen and oxygen atoms in total. The number of nitrogens with two attached hydrogens (primary N) is 1. The fourth-order valence-corrected chi connectivity index (χ4v) is 6.15. The molecule has 1 atom stereocenters. The number of nitrogens with zero attached hydrogens (tertiary/aromatic N) is 6. The molecule has 3 aromatic rings. The van der Waals surface area contributed by atoms with Crippen molar-refractivity contribution in [1.29, 1.82) is 0 Å². The van der Waals surface area contributed by atoms with Crippen molar-refractivity contribution in [2.75, 3.05) is 36.0 Å². The Morgan fingerprint density at radius 2 is 1.81 bits per heavy atom. The SMILES string of the molecule is Cc1cc(F)cc2c1Cc1nc(Oc3cnc(N4CC(C)(C)C4)nc3)nc(N3C[C@H](N)C4(CC4)C3)c1-2. The van der Waals surface area contributed by atoms with Crippen molar-refractivity contribution >= 4 is 11.8 Å². The zero-order chi connectivity index (χ0) is 24.8. The van der Waals surface area contributed by atoms with Crippen molar-refractivity contribution in [3.63, 3.8) is 0 Å². The van der Waals surface area contributed by atoms with Crippen molar-refractivity contribution < 1.29 is 9.13 Å². The third kappa shape index (κ3) is 3.43. The molecule has 2 aliphatic carbocycles. The van der Waals surface area contributed by atoms with Gasteiger partial charge in [0.15, 0.2) is 5.75 Å². The molecule has 7 rings (SSSR count). The molecule has 9 heteroatoms. The topological polar surface area (TPSA) is 93.3 Å². The first-order valence-corrected chi connectivity index (χ1v) is 12.7. The van der Waals surface area contributed by atoms with E-state index in [1.165, 1.54) is 0 Å². The van der Waals surface area contributed by atoms with E-state index in [2.05, 4.69) is 33.6 Å². The minimum Gasteiger partial charge on any atom is -0.421 e. The van der Waals surface area contributed by atoms with Crippen LogP contribution in [0.2, 0.25) is 0 Å². The van der Waals surface area contributed by atoms with E-state index in [0.717, 1.165) is 72.8 Å². The van der Waals surface area contributed by atoms with Gasteiger partial charge in [-0.25, -0.2) is 14.4 Å². The number of aryl methyl sites for hydroxylation is 1. The van der Waals surface area contributed by atoms with Crippen LogP contribution in [0.4, 0.5) is 16.2 Å². The lowest BCUT2D eigenvalue weighted by molar-refractivity contribution is 0.272. The van der Waals surface area contributed by atoms with Crippen LogP contribution in [-0.2, 0) is 6.42 Å². The fraction of sp³-hybridized carbons (Fsp3) is 0.481. The van der Waals surface area contributed by atoms with Gasteiger partial charge in [-0.1, -0.05) is 13.8 Å². The van der Waals surface area contributed by atoms with Gasteiger partial charge < -0.3 is 20.3 Å². The van der Waals surface area contributed by atoms with Gasteiger partial charge in [0, 0.05) is 49.6 Å². The van der Waals surface area contributed by atoms with Crippen molar-refractivity contribution in [3.05, 3.63) is 47.2 Å². The van der Waals surface area contributed by atoms with Crippen LogP contribution in [0.15, 0.2) is 24.5 Å². The maximum Gasteiger partial charge on any atom is 0.324 e. The number of fused-ring (bicyclic) bond motifs is 3. The molecule has 1 spiro atoms. The monoisotopic (exact) mass is 487 g/mol. The van der Waals surface area contributed by atoms with E-state index in [0.29, 0.717) is 23.5 Å². The van der Waals surface area contributed by atoms with E-state index < -0.39 is 0 Å². The molecule has 1 saturated carbocycles. The first kappa shape index (κ1) is 21.9. The summed E-state index contributed by atoms with van der Waals surface area (Å²) in [5.74, 6) is 1.72. The number of hydrogen-bond donors (Lipinski definition) is 1. The van der Waals surface area contributed by atoms with Gasteiger partial charge in [-0.3, -0.25) is 0 Å². The average molecular weight is 488 g/mol. The molecule has 0 unspecified atom stereocenters. The van der Waals surface area contributed by atoms with Crippen LogP contribution >= 0.6 is 0 Å². The first-order chi connectivity index (χ1) is 17.2. The van der Waals surface area contributed by atoms with Crippen LogP contribution in [0, 0.1) is 23.6 Å². The van der Waals surface area contributed by atoms with Gasteiger partial charge in [0.05, 0.1) is 18.1 Å². The normalized spacial score (nSPS) is 22.4. The quantitative estimate of drug-likeness (QED) is 0.464. The molecule has 36 heavy (non-hydrogen) atoms. The summed E-state index contributed by atoms with van der Waals surface area (Å²) in [6.45, 7) is 9.85. The van der Waals surface area contributed by atoms with Crippen molar-refractivity contribution in [1.82, 2.24) is 19.9 Å². The van der Waals surface area contributed by atoms with Gasteiger partial charge >= 0.3 is 6.01 Å². The van der Waals surface area contributed by atoms with Gasteiger partial charge in [0.25, 0.3) is 0 Å². The molecule has 186 valence electrons. The van der Waals surface area contributed by atoms with Crippen LogP contribution in [0.1, 0.15) is 43.5 Å². The molecular formula is C27H30FN7O. The van der Waals surface area contributed by atoms with Crippen molar-refractivity contribution in [2.24, 2.45) is 16.6 Å². The molecule has 4 heterocycles. The van der Waals surface area contributed by atoms with Gasteiger partial charge in [0.2, 0.25) is 5.95 Å². The molecule has 3 fully saturated rings. The Kier molecular flexibility index (Phi) is 4.47. The zero-order valence-corrected chi connectivity index (χ0v) is 20.9. The standard InChI is InChI=1S/C27H30FN7O/c1-15-6-16(28)7-19-18(15)8-20-22(19)23(34-11-21(29)27(14-34)4-5-27)33-25(32-20)36-17-9-30-24(31-10-17)35-12-26(2,3)13-35/h6-7,9-10,21H,4-5,8,11-14,29H2,1-3H3/t21-/m0/s1. The molecule has 2 saturated heterocycles. The first-order valence-electron chi connectivity index (χ1n) is 12.7. The number of benzene rings is 1. The Bertz CT molecular complexity index is 1380. The van der Waals surface area contributed by atoms with E-state index >= 15 is 0 Å². The second-order valence-corrected chi connectivity index (χ2v) is 11.8. The maximum atomic E-state index is 14.4. The lowest BCUT2D eigenvalue weighted by Crippen LogP contribution is -2.53. The minimum atomic E-state index is -0.245. The number of ether oxygens (including phenoxy) is 1. The molecule has 1 aromatic carbocycles. The number of anilines is 2. The highest BCUT2D eigenvalue weighted by molar-refractivity contribution is 5.85. The second-order valence-electron chi connectivity index (χ2n) is 11.8. The van der Waals surface area contributed by atoms with Crippen molar-refractivity contribution in [2.45, 2.75) is 46.1 Å². The number of rotatable bonds is 4. The van der Waals surface area contributed by atoms with Crippen LogP contribution in [-0.4, -0.2) is 52.2 Å². The zero-order valence-electron chi connectivity index (χ0n) is 20.9. The van der Waals surface area contributed by atoms with Crippen LogP contribution in [0.5, 0.6) is 11.8 Å². The predicted molar refractivity (Wildman–Crippen MR) is 135 cm³/mol. The Labute approximate surface area is 209 Å². The summed E-state index contributed by atoms with van der Waals surface area (Å²) in [7, 11) is 0. The summed E-state index contributed by atoms with van der Waals surface area (Å²) in [6.07, 6.45) is 6.24. The largest absolute Gasteiger partial charge is 0.421 e. The molecule has 2 aromatic heterocycles. The van der Waals surface area contributed by atoms with Crippen LogP contribution < -0.4 is 20.3 Å². The highest BCUT2D eigenvalue weighted by atomic mass is 19.1. The molecule has 0 radical (unpaired) electrons. The third-order valence-electron chi connectivity index (χ3n) is 8.24. The second kappa shape index (κ2) is 7.35. The highest BCUT2D eigenvalue weighted by Crippen LogP contribution is 2.54. The summed E-state index contributed by atoms with van der Waals surface area (Å²) in [6, 6.07) is 3.54. The third-order valence-corrected chi connectivity index (χ3v) is 8.24. The van der Waals surface area contributed by atoms with E-state index in [1.54, 1.807) is 24.5 Å². The Morgan fingerprint density at radius 3 is 2.47 bits per heavy atom. The fourth-order valence-electron chi connectivity index (χ4n) is 6.15. The average Bonchev–Trinajstić information content (AvgIpc) is 3.39. The van der Waals surface area contributed by atoms with Gasteiger partial charge in [-0.05, 0) is 54.0 Å². The number of aromatic nitrogens is 4. The summed E-state index contributed by atoms with van der Waals surface area (Å²) in [5, 5.41) is 0. The Hall–Kier alpha value is -3.33. The molecule has 4 aliphatic rings. The van der Waals surface area contributed by atoms with Crippen LogP contribution in [0.3, 0.4) is 0 Å². The summed E-state index contributed by atoms with van der Waals surface area (Å²) >= 11 is 0. The summed E-state index contributed by atoms with van der Waals surface area (Å²) < 4.78 is 20.5. The molecular weight excluding hydrogens is 457 g/mol. The molecule has 2 aliphatic heterocycles.